The number of benzene rings is 2. The number of carbonyl (C=O) groups is 1. The highest BCUT2D eigenvalue weighted by Gasteiger charge is 2.34. The molecule has 0 aliphatic carbocycles. The van der Waals surface area contributed by atoms with Crippen LogP contribution in [0.25, 0.3) is 28.0 Å². The number of anilines is 1. The molecule has 0 spiro atoms. The number of hydrogen-bond donors (Lipinski definition) is 1. The molecular formula is C30H31ClFN5O5S. The van der Waals surface area contributed by atoms with Gasteiger partial charge in [0.25, 0.3) is 0 Å². The summed E-state index contributed by atoms with van der Waals surface area (Å²) in [5.74, 6) is -0.470. The third-order valence-corrected chi connectivity index (χ3v) is 9.12. The van der Waals surface area contributed by atoms with Crippen LogP contribution < -0.4 is 10.6 Å². The minimum atomic E-state index is -3.54. The van der Waals surface area contributed by atoms with Crippen molar-refractivity contribution in [3.05, 3.63) is 75.4 Å². The zero-order valence-electron chi connectivity index (χ0n) is 24.2. The fourth-order valence-corrected chi connectivity index (χ4v) is 6.41. The van der Waals surface area contributed by atoms with E-state index in [-0.39, 0.29) is 57.7 Å². The molecule has 0 unspecified atom stereocenters. The van der Waals surface area contributed by atoms with Gasteiger partial charge in [-0.2, -0.15) is 4.98 Å². The van der Waals surface area contributed by atoms with Crippen LogP contribution in [0.3, 0.4) is 0 Å². The van der Waals surface area contributed by atoms with E-state index >= 15 is 0 Å². The summed E-state index contributed by atoms with van der Waals surface area (Å²) in [6.07, 6.45) is 0.0748. The molecular weight excluding hydrogens is 597 g/mol. The standard InChI is InChI=1S/C30H31ClFN5O5S/c1-16(2)21-12-19(43(5,41)42)10-11-25(21)37-28-22(13-23(31)26(33-28)20-8-6-7-9-24(20)32)27(34-29(37)38)35-14-18(4)36(30(39)40)15-17(35)3/h6-13,16-18H,14-15H2,1-5H3,(H,39,40)/t17-,18+/m0/s1. The lowest BCUT2D eigenvalue weighted by Crippen LogP contribution is -2.58. The molecule has 13 heteroatoms. The van der Waals surface area contributed by atoms with Gasteiger partial charge in [-0.15, -0.1) is 0 Å². The lowest BCUT2D eigenvalue weighted by Gasteiger charge is -2.43. The molecule has 1 aliphatic heterocycles. The Kier molecular flexibility index (Phi) is 7.95. The molecule has 43 heavy (non-hydrogen) atoms. The van der Waals surface area contributed by atoms with Crippen LogP contribution in [0.15, 0.2) is 58.2 Å². The first kappa shape index (κ1) is 30.4. The van der Waals surface area contributed by atoms with E-state index in [4.69, 9.17) is 16.6 Å². The number of hydrogen-bond acceptors (Lipinski definition) is 7. The summed E-state index contributed by atoms with van der Waals surface area (Å²) in [7, 11) is -3.54. The van der Waals surface area contributed by atoms with E-state index < -0.39 is 33.5 Å². The van der Waals surface area contributed by atoms with Gasteiger partial charge in [0, 0.05) is 37.0 Å². The average Bonchev–Trinajstić information content (AvgIpc) is 2.93. The van der Waals surface area contributed by atoms with E-state index in [1.54, 1.807) is 31.2 Å². The van der Waals surface area contributed by atoms with E-state index in [1.165, 1.54) is 33.7 Å². The van der Waals surface area contributed by atoms with Crippen LogP contribution in [-0.4, -0.2) is 70.5 Å². The molecule has 2 atom stereocenters. The number of rotatable bonds is 5. The van der Waals surface area contributed by atoms with E-state index in [1.807, 2.05) is 25.7 Å². The van der Waals surface area contributed by atoms with Crippen LogP contribution in [0.1, 0.15) is 39.2 Å². The van der Waals surface area contributed by atoms with Crippen molar-refractivity contribution in [2.45, 2.75) is 50.6 Å². The predicted molar refractivity (Wildman–Crippen MR) is 164 cm³/mol. The molecule has 5 rings (SSSR count). The molecule has 0 saturated carbocycles. The predicted octanol–water partition coefficient (Wildman–Crippen LogP) is 5.34. The number of piperazine rings is 1. The SMILES string of the molecule is CC(C)c1cc(S(C)(=O)=O)ccc1-n1c(=O)nc(N2C[C@@H](C)N(C(=O)O)C[C@@H]2C)c2cc(Cl)c(-c3ccccc3F)nc21. The number of amides is 1. The van der Waals surface area contributed by atoms with Crippen LogP contribution in [0, 0.1) is 5.82 Å². The number of pyridine rings is 1. The normalized spacial score (nSPS) is 17.6. The molecule has 4 aromatic rings. The number of halogens is 2. The Bertz CT molecular complexity index is 1930. The molecule has 2 aromatic carbocycles. The van der Waals surface area contributed by atoms with Gasteiger partial charge >= 0.3 is 11.8 Å². The number of sulfone groups is 1. The number of nitrogens with zero attached hydrogens (tertiary/aromatic N) is 5. The van der Waals surface area contributed by atoms with Gasteiger partial charge in [-0.1, -0.05) is 37.6 Å². The zero-order chi connectivity index (χ0) is 31.4. The van der Waals surface area contributed by atoms with E-state index in [2.05, 4.69) is 4.98 Å². The lowest BCUT2D eigenvalue weighted by molar-refractivity contribution is 0.114. The van der Waals surface area contributed by atoms with Crippen molar-refractivity contribution in [1.29, 1.82) is 0 Å². The Labute approximate surface area is 253 Å². The highest BCUT2D eigenvalue weighted by molar-refractivity contribution is 7.90. The first-order valence-electron chi connectivity index (χ1n) is 13.7. The number of fused-ring (bicyclic) bond motifs is 1. The molecule has 3 heterocycles. The average molecular weight is 628 g/mol. The third kappa shape index (κ3) is 5.56. The third-order valence-electron chi connectivity index (χ3n) is 7.72. The smallest absolute Gasteiger partial charge is 0.407 e. The molecule has 1 fully saturated rings. The Morgan fingerprint density at radius 1 is 1.07 bits per heavy atom. The van der Waals surface area contributed by atoms with Crippen LogP contribution in [0.2, 0.25) is 5.02 Å². The van der Waals surface area contributed by atoms with Gasteiger partial charge in [0.15, 0.2) is 15.5 Å². The molecule has 2 aromatic heterocycles. The van der Waals surface area contributed by atoms with Gasteiger partial charge in [0.2, 0.25) is 0 Å². The summed E-state index contributed by atoms with van der Waals surface area (Å²) in [5.41, 5.74) is 0.664. The number of aromatic nitrogens is 3. The molecule has 1 N–H and O–H groups in total. The van der Waals surface area contributed by atoms with Crippen molar-refractivity contribution < 1.29 is 22.7 Å². The van der Waals surface area contributed by atoms with Crippen LogP contribution >= 0.6 is 11.6 Å². The molecule has 10 nitrogen and oxygen atoms in total. The summed E-state index contributed by atoms with van der Waals surface area (Å²) in [5, 5.41) is 10.2. The summed E-state index contributed by atoms with van der Waals surface area (Å²) in [4.78, 5) is 38.3. The molecule has 226 valence electrons. The zero-order valence-corrected chi connectivity index (χ0v) is 25.8. The van der Waals surface area contributed by atoms with Gasteiger partial charge in [0.1, 0.15) is 11.6 Å². The maximum atomic E-state index is 15.0. The molecule has 1 amide bonds. The second-order valence-electron chi connectivity index (χ2n) is 11.2. The van der Waals surface area contributed by atoms with Crippen molar-refractivity contribution in [3.63, 3.8) is 0 Å². The van der Waals surface area contributed by atoms with Crippen molar-refractivity contribution in [2.24, 2.45) is 0 Å². The Hall–Kier alpha value is -4.03. The van der Waals surface area contributed by atoms with Gasteiger partial charge in [-0.05, 0) is 61.7 Å². The van der Waals surface area contributed by atoms with Crippen molar-refractivity contribution in [3.8, 4) is 16.9 Å². The van der Waals surface area contributed by atoms with Gasteiger partial charge in [-0.3, -0.25) is 0 Å². The van der Waals surface area contributed by atoms with Gasteiger partial charge < -0.3 is 14.9 Å². The minimum Gasteiger partial charge on any atom is -0.465 e. The molecule has 0 bridgehead atoms. The summed E-state index contributed by atoms with van der Waals surface area (Å²) >= 11 is 6.73. The Morgan fingerprint density at radius 2 is 1.77 bits per heavy atom. The monoisotopic (exact) mass is 627 g/mol. The maximum Gasteiger partial charge on any atom is 0.407 e. The second-order valence-corrected chi connectivity index (χ2v) is 13.6. The quantitative estimate of drug-likeness (QED) is 0.314. The van der Waals surface area contributed by atoms with Crippen LogP contribution in [0.5, 0.6) is 0 Å². The van der Waals surface area contributed by atoms with Crippen molar-refractivity contribution in [2.75, 3.05) is 24.2 Å². The van der Waals surface area contributed by atoms with Crippen molar-refractivity contribution in [1.82, 2.24) is 19.4 Å². The lowest BCUT2D eigenvalue weighted by atomic mass is 10.0. The summed E-state index contributed by atoms with van der Waals surface area (Å²) in [6.45, 7) is 7.80. The second kappa shape index (κ2) is 11.2. The van der Waals surface area contributed by atoms with E-state index in [0.29, 0.717) is 16.6 Å². The minimum absolute atomic E-state index is 0.101. The van der Waals surface area contributed by atoms with E-state index in [9.17, 15) is 27.5 Å². The van der Waals surface area contributed by atoms with Gasteiger partial charge in [0.05, 0.1) is 26.7 Å². The van der Waals surface area contributed by atoms with Crippen LogP contribution in [-0.2, 0) is 9.84 Å². The fraction of sp³-hybridized carbons (Fsp3) is 0.333. The molecule has 1 aliphatic rings. The largest absolute Gasteiger partial charge is 0.465 e. The summed E-state index contributed by atoms with van der Waals surface area (Å²) < 4.78 is 41.0. The number of carboxylic acid groups (broad SMARTS) is 1. The van der Waals surface area contributed by atoms with Gasteiger partial charge in [-0.25, -0.2) is 31.9 Å². The topological polar surface area (TPSA) is 126 Å². The highest BCUT2D eigenvalue weighted by atomic mass is 35.5. The van der Waals surface area contributed by atoms with Crippen molar-refractivity contribution >= 4 is 44.4 Å². The highest BCUT2D eigenvalue weighted by Crippen LogP contribution is 2.36. The first-order valence-corrected chi connectivity index (χ1v) is 15.9. The first-order chi connectivity index (χ1) is 20.2. The summed E-state index contributed by atoms with van der Waals surface area (Å²) in [6, 6.07) is 11.4. The Balaban J connectivity index is 1.84. The Morgan fingerprint density at radius 3 is 2.40 bits per heavy atom. The van der Waals surface area contributed by atoms with E-state index in [0.717, 1.165) is 6.26 Å². The van der Waals surface area contributed by atoms with Crippen LogP contribution in [0.4, 0.5) is 15.0 Å². The fourth-order valence-electron chi connectivity index (χ4n) is 5.50. The maximum absolute atomic E-state index is 15.0. The molecule has 1 saturated heterocycles. The molecule has 0 radical (unpaired) electrons.